The van der Waals surface area contributed by atoms with E-state index in [0.29, 0.717) is 27.5 Å². The molecule has 0 fully saturated rings. The van der Waals surface area contributed by atoms with Crippen LogP contribution in [-0.2, 0) is 0 Å². The number of nitrogens with zero attached hydrogens (tertiary/aromatic N) is 1. The number of anilines is 1. The van der Waals surface area contributed by atoms with Crippen LogP contribution in [0.1, 0.15) is 15.9 Å². The van der Waals surface area contributed by atoms with Crippen molar-refractivity contribution in [3.8, 4) is 6.07 Å². The van der Waals surface area contributed by atoms with Gasteiger partial charge in [0.2, 0.25) is 0 Å². The van der Waals surface area contributed by atoms with Gasteiger partial charge in [-0.1, -0.05) is 36.0 Å². The molecule has 3 rings (SSSR count). The molecule has 0 saturated heterocycles. The Balaban J connectivity index is 1.91. The normalized spacial score (nSPS) is 10.3. The summed E-state index contributed by atoms with van der Waals surface area (Å²) in [5.74, 6) is -4.37. The molecule has 0 bridgehead atoms. The Morgan fingerprint density at radius 2 is 1.52 bits per heavy atom. The first-order valence-electron chi connectivity index (χ1n) is 7.71. The largest absolute Gasteiger partial charge is 0.319 e. The van der Waals surface area contributed by atoms with Gasteiger partial charge in [-0.2, -0.15) is 5.26 Å². The molecular weight excluding hydrogens is 373 g/mol. The number of hydrogen-bond donors (Lipinski definition) is 1. The lowest BCUT2D eigenvalue weighted by atomic mass is 10.2. The fraction of sp³-hybridized carbons (Fsp3) is 0. The molecule has 134 valence electrons. The Bertz CT molecular complexity index is 1060. The van der Waals surface area contributed by atoms with Crippen molar-refractivity contribution in [2.75, 3.05) is 5.32 Å². The van der Waals surface area contributed by atoms with Crippen LogP contribution in [-0.4, -0.2) is 5.91 Å². The fourth-order valence-corrected chi connectivity index (χ4v) is 3.34. The second-order valence-corrected chi connectivity index (χ2v) is 6.49. The minimum absolute atomic E-state index is 0.208. The van der Waals surface area contributed by atoms with E-state index in [2.05, 4.69) is 11.4 Å². The van der Waals surface area contributed by atoms with Gasteiger partial charge in [0.05, 0.1) is 16.8 Å². The minimum atomic E-state index is -1.34. The zero-order valence-electron chi connectivity index (χ0n) is 13.7. The Labute approximate surface area is 157 Å². The van der Waals surface area contributed by atoms with E-state index in [1.807, 2.05) is 0 Å². The first-order chi connectivity index (χ1) is 13.0. The van der Waals surface area contributed by atoms with Crippen LogP contribution in [0.4, 0.5) is 18.9 Å². The zero-order valence-corrected chi connectivity index (χ0v) is 14.5. The van der Waals surface area contributed by atoms with Crippen molar-refractivity contribution in [1.82, 2.24) is 0 Å². The Morgan fingerprint density at radius 3 is 2.26 bits per heavy atom. The van der Waals surface area contributed by atoms with Crippen LogP contribution in [0, 0.1) is 28.8 Å². The molecule has 7 heteroatoms. The van der Waals surface area contributed by atoms with Gasteiger partial charge < -0.3 is 5.32 Å². The van der Waals surface area contributed by atoms with Crippen LogP contribution in [0.3, 0.4) is 0 Å². The number of rotatable bonds is 4. The summed E-state index contributed by atoms with van der Waals surface area (Å²) in [6, 6.07) is 16.5. The first kappa shape index (κ1) is 18.5. The molecule has 0 unspecified atom stereocenters. The van der Waals surface area contributed by atoms with E-state index in [1.165, 1.54) is 17.8 Å². The SMILES string of the molecule is N#Cc1ccccc1Sc1ccccc1C(=O)Nc1cc(F)c(F)cc1F. The van der Waals surface area contributed by atoms with Crippen LogP contribution in [0.25, 0.3) is 0 Å². The van der Waals surface area contributed by atoms with Gasteiger partial charge in [0, 0.05) is 21.9 Å². The summed E-state index contributed by atoms with van der Waals surface area (Å²) in [5, 5.41) is 11.4. The topological polar surface area (TPSA) is 52.9 Å². The highest BCUT2D eigenvalue weighted by Crippen LogP contribution is 2.33. The number of nitriles is 1. The smallest absolute Gasteiger partial charge is 0.256 e. The molecule has 0 heterocycles. The third kappa shape index (κ3) is 4.13. The van der Waals surface area contributed by atoms with E-state index in [4.69, 9.17) is 0 Å². The van der Waals surface area contributed by atoms with E-state index >= 15 is 0 Å². The van der Waals surface area contributed by atoms with Crippen LogP contribution in [0.2, 0.25) is 0 Å². The average Bonchev–Trinajstić information content (AvgIpc) is 2.67. The molecular formula is C20H11F3N2OS. The molecule has 3 aromatic carbocycles. The van der Waals surface area contributed by atoms with E-state index in [0.717, 1.165) is 0 Å². The molecule has 3 aromatic rings. The molecule has 0 radical (unpaired) electrons. The Morgan fingerprint density at radius 1 is 0.889 bits per heavy atom. The molecule has 0 aliphatic rings. The Kier molecular flexibility index (Phi) is 5.48. The number of hydrogen-bond acceptors (Lipinski definition) is 3. The van der Waals surface area contributed by atoms with Crippen LogP contribution in [0.5, 0.6) is 0 Å². The average molecular weight is 384 g/mol. The highest BCUT2D eigenvalue weighted by Gasteiger charge is 2.17. The molecule has 1 amide bonds. The van der Waals surface area contributed by atoms with Crippen LogP contribution in [0.15, 0.2) is 70.5 Å². The monoisotopic (exact) mass is 384 g/mol. The summed E-state index contributed by atoms with van der Waals surface area (Å²) in [7, 11) is 0. The van der Waals surface area contributed by atoms with Gasteiger partial charge in [0.1, 0.15) is 11.9 Å². The lowest BCUT2D eigenvalue weighted by Gasteiger charge is -2.11. The van der Waals surface area contributed by atoms with Crippen LogP contribution >= 0.6 is 11.8 Å². The van der Waals surface area contributed by atoms with Crippen molar-refractivity contribution in [3.63, 3.8) is 0 Å². The maximum Gasteiger partial charge on any atom is 0.256 e. The van der Waals surface area contributed by atoms with Gasteiger partial charge in [-0.3, -0.25) is 4.79 Å². The Hall–Kier alpha value is -3.24. The molecule has 0 aliphatic heterocycles. The molecule has 0 spiro atoms. The van der Waals surface area contributed by atoms with E-state index in [1.54, 1.807) is 42.5 Å². The van der Waals surface area contributed by atoms with Crippen molar-refractivity contribution >= 4 is 23.4 Å². The highest BCUT2D eigenvalue weighted by molar-refractivity contribution is 7.99. The van der Waals surface area contributed by atoms with Crippen molar-refractivity contribution in [1.29, 1.82) is 5.26 Å². The standard InChI is InChI=1S/C20H11F3N2OS/c21-14-9-16(23)17(10-15(14)22)25-20(26)13-6-2-4-8-19(13)27-18-7-3-1-5-12(18)11-24/h1-10H,(H,25,26). The van der Waals surface area contributed by atoms with Crippen LogP contribution < -0.4 is 5.32 Å². The van der Waals surface area contributed by atoms with E-state index in [9.17, 15) is 23.2 Å². The van der Waals surface area contributed by atoms with Gasteiger partial charge >= 0.3 is 0 Å². The maximum atomic E-state index is 13.8. The predicted octanol–water partition coefficient (Wildman–Crippen LogP) is 5.38. The lowest BCUT2D eigenvalue weighted by Crippen LogP contribution is -2.14. The van der Waals surface area contributed by atoms with Gasteiger partial charge in [0.15, 0.2) is 11.6 Å². The first-order valence-corrected chi connectivity index (χ1v) is 8.53. The third-order valence-corrected chi connectivity index (χ3v) is 4.77. The maximum absolute atomic E-state index is 13.8. The number of benzene rings is 3. The quantitative estimate of drug-likeness (QED) is 0.615. The lowest BCUT2D eigenvalue weighted by molar-refractivity contribution is 0.102. The predicted molar refractivity (Wildman–Crippen MR) is 96.0 cm³/mol. The second-order valence-electron chi connectivity index (χ2n) is 5.41. The zero-order chi connectivity index (χ0) is 19.4. The number of carbonyl (C=O) groups is 1. The number of carbonyl (C=O) groups excluding carboxylic acids is 1. The van der Waals surface area contributed by atoms with E-state index in [-0.39, 0.29) is 5.56 Å². The van der Waals surface area contributed by atoms with Crippen molar-refractivity contribution in [2.45, 2.75) is 9.79 Å². The molecule has 0 atom stereocenters. The summed E-state index contributed by atoms with van der Waals surface area (Å²) < 4.78 is 40.2. The van der Waals surface area contributed by atoms with Gasteiger partial charge in [-0.25, -0.2) is 13.2 Å². The summed E-state index contributed by atoms with van der Waals surface area (Å²) in [4.78, 5) is 13.7. The molecule has 1 N–H and O–H groups in total. The summed E-state index contributed by atoms with van der Waals surface area (Å²) in [5.41, 5.74) is 0.194. The van der Waals surface area contributed by atoms with E-state index < -0.39 is 29.0 Å². The molecule has 0 aliphatic carbocycles. The van der Waals surface area contributed by atoms with Gasteiger partial charge in [0.25, 0.3) is 5.91 Å². The summed E-state index contributed by atoms with van der Waals surface area (Å²) in [6.07, 6.45) is 0. The molecule has 0 saturated carbocycles. The third-order valence-electron chi connectivity index (χ3n) is 3.62. The van der Waals surface area contributed by atoms with Crippen molar-refractivity contribution < 1.29 is 18.0 Å². The van der Waals surface area contributed by atoms with Crippen molar-refractivity contribution in [3.05, 3.63) is 89.2 Å². The highest BCUT2D eigenvalue weighted by atomic mass is 32.2. The number of amides is 1. The molecule has 0 aromatic heterocycles. The summed E-state index contributed by atoms with van der Waals surface area (Å²) in [6.45, 7) is 0. The summed E-state index contributed by atoms with van der Waals surface area (Å²) >= 11 is 1.20. The molecule has 27 heavy (non-hydrogen) atoms. The number of nitrogens with one attached hydrogen (secondary N) is 1. The second kappa shape index (κ2) is 7.98. The number of halogens is 3. The fourth-order valence-electron chi connectivity index (χ4n) is 2.32. The van der Waals surface area contributed by atoms with Gasteiger partial charge in [-0.05, 0) is 24.3 Å². The molecule has 3 nitrogen and oxygen atoms in total. The van der Waals surface area contributed by atoms with Crippen molar-refractivity contribution in [2.24, 2.45) is 0 Å². The minimum Gasteiger partial charge on any atom is -0.319 e. The van der Waals surface area contributed by atoms with Gasteiger partial charge in [-0.15, -0.1) is 0 Å².